The van der Waals surface area contributed by atoms with E-state index in [9.17, 15) is 19.3 Å². The lowest BCUT2D eigenvalue weighted by molar-refractivity contribution is -0.384. The van der Waals surface area contributed by atoms with E-state index in [1.807, 2.05) is 0 Å². The Labute approximate surface area is 131 Å². The van der Waals surface area contributed by atoms with Crippen LogP contribution >= 0.6 is 0 Å². The molecule has 0 fully saturated rings. The second-order valence-electron chi connectivity index (χ2n) is 4.65. The lowest BCUT2D eigenvalue weighted by Gasteiger charge is -2.09. The van der Waals surface area contributed by atoms with Crippen molar-refractivity contribution in [3.63, 3.8) is 0 Å². The number of nitrogens with zero attached hydrogens (tertiary/aromatic N) is 1. The zero-order chi connectivity index (χ0) is 16.8. The maximum absolute atomic E-state index is 13.6. The number of halogens is 1. The predicted molar refractivity (Wildman–Crippen MR) is 80.5 cm³/mol. The van der Waals surface area contributed by atoms with Crippen LogP contribution in [0.3, 0.4) is 0 Å². The minimum absolute atomic E-state index is 0.00481. The SMILES string of the molecule is CC(=O)c1ccc(OCCOc2cccc([N+](=O)[O-])c2)cc1F. The molecule has 0 atom stereocenters. The molecule has 0 amide bonds. The van der Waals surface area contributed by atoms with Gasteiger partial charge in [-0.15, -0.1) is 0 Å². The fourth-order valence-electron chi connectivity index (χ4n) is 1.88. The van der Waals surface area contributed by atoms with E-state index in [4.69, 9.17) is 9.47 Å². The van der Waals surface area contributed by atoms with Gasteiger partial charge in [0.05, 0.1) is 16.6 Å². The molecule has 0 saturated carbocycles. The van der Waals surface area contributed by atoms with Gasteiger partial charge in [0.2, 0.25) is 0 Å². The van der Waals surface area contributed by atoms with Crippen LogP contribution < -0.4 is 9.47 Å². The summed E-state index contributed by atoms with van der Waals surface area (Å²) in [6.45, 7) is 1.55. The van der Waals surface area contributed by atoms with Gasteiger partial charge in [-0.3, -0.25) is 14.9 Å². The van der Waals surface area contributed by atoms with Gasteiger partial charge in [0, 0.05) is 12.1 Å². The van der Waals surface area contributed by atoms with Gasteiger partial charge in [-0.1, -0.05) is 6.07 Å². The lowest BCUT2D eigenvalue weighted by atomic mass is 10.1. The number of nitro groups is 1. The standard InChI is InChI=1S/C16H14FNO5/c1-11(19)15-6-5-14(10-16(15)17)23-8-7-22-13-4-2-3-12(9-13)18(20)21/h2-6,9-10H,7-8H2,1H3. The highest BCUT2D eigenvalue weighted by Gasteiger charge is 2.09. The predicted octanol–water partition coefficient (Wildman–Crippen LogP) is 3.39. The summed E-state index contributed by atoms with van der Waals surface area (Å²) in [5.41, 5.74) is -0.0597. The highest BCUT2D eigenvalue weighted by Crippen LogP contribution is 2.19. The molecule has 0 bridgehead atoms. The number of carbonyl (C=O) groups excluding carboxylic acids is 1. The number of rotatable bonds is 7. The van der Waals surface area contributed by atoms with Crippen molar-refractivity contribution in [2.75, 3.05) is 13.2 Å². The molecule has 0 aromatic heterocycles. The van der Waals surface area contributed by atoms with E-state index >= 15 is 0 Å². The van der Waals surface area contributed by atoms with E-state index in [2.05, 4.69) is 0 Å². The average molecular weight is 319 g/mol. The molecule has 0 aliphatic rings. The molecule has 2 aromatic rings. The Morgan fingerprint density at radius 1 is 1.13 bits per heavy atom. The molecule has 0 aliphatic heterocycles. The van der Waals surface area contributed by atoms with E-state index in [0.717, 1.165) is 6.07 Å². The zero-order valence-electron chi connectivity index (χ0n) is 12.3. The normalized spacial score (nSPS) is 10.2. The molecule has 23 heavy (non-hydrogen) atoms. The Bertz CT molecular complexity index is 732. The molecule has 6 nitrogen and oxygen atoms in total. The molecule has 0 spiro atoms. The number of carbonyl (C=O) groups is 1. The molecule has 0 radical (unpaired) electrons. The van der Waals surface area contributed by atoms with Crippen LogP contribution in [0.5, 0.6) is 11.5 Å². The monoisotopic (exact) mass is 319 g/mol. The summed E-state index contributed by atoms with van der Waals surface area (Å²) in [4.78, 5) is 21.3. The number of ether oxygens (including phenoxy) is 2. The summed E-state index contributed by atoms with van der Waals surface area (Å²) >= 11 is 0. The van der Waals surface area contributed by atoms with Crippen molar-refractivity contribution >= 4 is 11.5 Å². The summed E-state index contributed by atoms with van der Waals surface area (Å²) in [7, 11) is 0. The Hall–Kier alpha value is -2.96. The summed E-state index contributed by atoms with van der Waals surface area (Å²) in [5.74, 6) is -0.381. The first kappa shape index (κ1) is 16.4. The van der Waals surface area contributed by atoms with Gasteiger partial charge < -0.3 is 9.47 Å². The number of nitro benzene ring substituents is 1. The smallest absolute Gasteiger partial charge is 0.273 e. The maximum Gasteiger partial charge on any atom is 0.273 e. The Morgan fingerprint density at radius 3 is 2.35 bits per heavy atom. The molecular weight excluding hydrogens is 305 g/mol. The zero-order valence-corrected chi connectivity index (χ0v) is 12.3. The van der Waals surface area contributed by atoms with Gasteiger partial charge in [0.15, 0.2) is 5.78 Å². The van der Waals surface area contributed by atoms with Crippen LogP contribution in [0.4, 0.5) is 10.1 Å². The average Bonchev–Trinajstić information content (AvgIpc) is 2.51. The quantitative estimate of drug-likeness (QED) is 0.338. The van der Waals surface area contributed by atoms with Gasteiger partial charge in [-0.2, -0.15) is 0 Å². The Morgan fingerprint density at radius 2 is 1.78 bits per heavy atom. The van der Waals surface area contributed by atoms with Crippen molar-refractivity contribution in [2.24, 2.45) is 0 Å². The van der Waals surface area contributed by atoms with E-state index < -0.39 is 10.7 Å². The third-order valence-corrected chi connectivity index (χ3v) is 2.97. The van der Waals surface area contributed by atoms with Crippen molar-refractivity contribution in [3.8, 4) is 11.5 Å². The van der Waals surface area contributed by atoms with Crippen molar-refractivity contribution in [1.29, 1.82) is 0 Å². The van der Waals surface area contributed by atoms with Crippen LogP contribution in [0.15, 0.2) is 42.5 Å². The van der Waals surface area contributed by atoms with Gasteiger partial charge in [0.1, 0.15) is 30.5 Å². The number of ketones is 1. The first-order valence-electron chi connectivity index (χ1n) is 6.78. The van der Waals surface area contributed by atoms with Gasteiger partial charge in [0.25, 0.3) is 5.69 Å². The minimum atomic E-state index is -0.644. The fraction of sp³-hybridized carbons (Fsp3) is 0.188. The van der Waals surface area contributed by atoms with Crippen LogP contribution in [0.2, 0.25) is 0 Å². The molecule has 7 heteroatoms. The topological polar surface area (TPSA) is 78.7 Å². The van der Waals surface area contributed by atoms with E-state index in [-0.39, 0.29) is 36.0 Å². The second-order valence-corrected chi connectivity index (χ2v) is 4.65. The van der Waals surface area contributed by atoms with Gasteiger partial charge in [-0.05, 0) is 25.1 Å². The molecule has 0 heterocycles. The summed E-state index contributed by atoms with van der Waals surface area (Å²) in [6.07, 6.45) is 0. The molecule has 120 valence electrons. The Kier molecular flexibility index (Phi) is 5.24. The van der Waals surface area contributed by atoms with Crippen molar-refractivity contribution in [1.82, 2.24) is 0 Å². The van der Waals surface area contributed by atoms with E-state index in [1.54, 1.807) is 6.07 Å². The molecular formula is C16H14FNO5. The van der Waals surface area contributed by atoms with Crippen LogP contribution in [0, 0.1) is 15.9 Å². The van der Waals surface area contributed by atoms with Gasteiger partial charge in [-0.25, -0.2) is 4.39 Å². The first-order valence-corrected chi connectivity index (χ1v) is 6.78. The third-order valence-electron chi connectivity index (χ3n) is 2.97. The summed E-state index contributed by atoms with van der Waals surface area (Å²) < 4.78 is 24.2. The van der Waals surface area contributed by atoms with Crippen LogP contribution in [0.25, 0.3) is 0 Å². The van der Waals surface area contributed by atoms with Crippen LogP contribution in [-0.2, 0) is 0 Å². The number of non-ortho nitro benzene ring substituents is 1. The number of benzene rings is 2. The van der Waals surface area contributed by atoms with E-state index in [1.165, 1.54) is 37.3 Å². The summed E-state index contributed by atoms with van der Waals surface area (Å²) in [5, 5.41) is 10.6. The maximum atomic E-state index is 13.6. The molecule has 0 unspecified atom stereocenters. The molecule has 0 aliphatic carbocycles. The highest BCUT2D eigenvalue weighted by atomic mass is 19.1. The van der Waals surface area contributed by atoms with Crippen LogP contribution in [-0.4, -0.2) is 23.9 Å². The fourth-order valence-corrected chi connectivity index (χ4v) is 1.88. The molecule has 0 saturated heterocycles. The molecule has 2 rings (SSSR count). The lowest BCUT2D eigenvalue weighted by Crippen LogP contribution is -2.09. The summed E-state index contributed by atoms with van der Waals surface area (Å²) in [6, 6.07) is 9.76. The largest absolute Gasteiger partial charge is 0.490 e. The number of Topliss-reactive ketones (excluding diaryl/α,β-unsaturated/α-hetero) is 1. The number of hydrogen-bond donors (Lipinski definition) is 0. The molecule has 2 aromatic carbocycles. The van der Waals surface area contributed by atoms with Crippen LogP contribution in [0.1, 0.15) is 17.3 Å². The Balaban J connectivity index is 1.86. The minimum Gasteiger partial charge on any atom is -0.490 e. The third kappa shape index (κ3) is 4.50. The highest BCUT2D eigenvalue weighted by molar-refractivity contribution is 5.94. The van der Waals surface area contributed by atoms with Crippen molar-refractivity contribution in [3.05, 3.63) is 64.0 Å². The van der Waals surface area contributed by atoms with Gasteiger partial charge >= 0.3 is 0 Å². The van der Waals surface area contributed by atoms with E-state index in [0.29, 0.717) is 5.75 Å². The first-order chi connectivity index (χ1) is 11.0. The second kappa shape index (κ2) is 7.35. The van der Waals surface area contributed by atoms with Crippen molar-refractivity contribution in [2.45, 2.75) is 6.92 Å². The number of hydrogen-bond acceptors (Lipinski definition) is 5. The van der Waals surface area contributed by atoms with Crippen molar-refractivity contribution < 1.29 is 23.6 Å². The molecule has 0 N–H and O–H groups in total.